The molecular weight excluding hydrogens is 200 g/mol. The van der Waals surface area contributed by atoms with E-state index in [2.05, 4.69) is 24.5 Å². The molecule has 0 radical (unpaired) electrons. The Morgan fingerprint density at radius 2 is 2.19 bits per heavy atom. The third-order valence-corrected chi connectivity index (χ3v) is 4.66. The van der Waals surface area contributed by atoms with Crippen LogP contribution in [0.3, 0.4) is 0 Å². The second kappa shape index (κ2) is 4.74. The summed E-state index contributed by atoms with van der Waals surface area (Å²) in [5, 5.41) is 6.45. The molecule has 0 unspecified atom stereocenters. The van der Waals surface area contributed by atoms with E-state index in [1.54, 1.807) is 0 Å². The minimum atomic E-state index is 0.189. The third kappa shape index (κ3) is 2.24. The number of hydrogen-bond donors (Lipinski definition) is 2. The summed E-state index contributed by atoms with van der Waals surface area (Å²) in [7, 11) is 0. The molecule has 16 heavy (non-hydrogen) atoms. The highest BCUT2D eigenvalue weighted by molar-refractivity contribution is 5.79. The molecule has 1 saturated heterocycles. The third-order valence-electron chi connectivity index (χ3n) is 4.66. The van der Waals surface area contributed by atoms with E-state index in [1.807, 2.05) is 0 Å². The Morgan fingerprint density at radius 3 is 2.62 bits per heavy atom. The van der Waals surface area contributed by atoms with Crippen LogP contribution in [0.1, 0.15) is 39.5 Å². The Bertz CT molecular complexity index is 255. The molecule has 0 aromatic carbocycles. The molecule has 0 bridgehead atoms. The Balaban J connectivity index is 1.79. The van der Waals surface area contributed by atoms with Crippen molar-refractivity contribution in [3.8, 4) is 0 Å². The second-order valence-corrected chi connectivity index (χ2v) is 5.67. The molecular formula is C13H24N2O. The Hall–Kier alpha value is -0.570. The van der Waals surface area contributed by atoms with Gasteiger partial charge in [0.1, 0.15) is 0 Å². The van der Waals surface area contributed by atoms with Crippen LogP contribution >= 0.6 is 0 Å². The molecule has 0 aromatic rings. The van der Waals surface area contributed by atoms with Gasteiger partial charge in [-0.05, 0) is 37.1 Å². The largest absolute Gasteiger partial charge is 0.355 e. The van der Waals surface area contributed by atoms with Crippen LogP contribution in [0.15, 0.2) is 0 Å². The highest BCUT2D eigenvalue weighted by Gasteiger charge is 2.36. The summed E-state index contributed by atoms with van der Waals surface area (Å²) in [6.45, 7) is 7.13. The molecule has 92 valence electrons. The van der Waals surface area contributed by atoms with Gasteiger partial charge in [0.15, 0.2) is 0 Å². The van der Waals surface area contributed by atoms with E-state index >= 15 is 0 Å². The van der Waals surface area contributed by atoms with E-state index in [9.17, 15) is 4.79 Å². The summed E-state index contributed by atoms with van der Waals surface area (Å²) in [5.41, 5.74) is 0.435. The number of carbonyl (C=O) groups is 1. The zero-order valence-electron chi connectivity index (χ0n) is 10.5. The van der Waals surface area contributed by atoms with Crippen LogP contribution in [0, 0.1) is 17.3 Å². The van der Waals surface area contributed by atoms with Crippen molar-refractivity contribution in [3.63, 3.8) is 0 Å². The second-order valence-electron chi connectivity index (χ2n) is 5.67. The van der Waals surface area contributed by atoms with Crippen molar-refractivity contribution >= 4 is 5.91 Å². The average molecular weight is 224 g/mol. The van der Waals surface area contributed by atoms with Crippen molar-refractivity contribution in [2.45, 2.75) is 39.5 Å². The molecule has 3 nitrogen and oxygen atoms in total. The van der Waals surface area contributed by atoms with Crippen LogP contribution in [0.25, 0.3) is 0 Å². The summed E-state index contributed by atoms with van der Waals surface area (Å²) in [6.07, 6.45) is 5.13. The molecule has 2 fully saturated rings. The van der Waals surface area contributed by atoms with Gasteiger partial charge in [-0.3, -0.25) is 4.79 Å². The first-order chi connectivity index (χ1) is 7.67. The van der Waals surface area contributed by atoms with Gasteiger partial charge in [-0.15, -0.1) is 0 Å². The Labute approximate surface area is 98.4 Å². The molecule has 2 atom stereocenters. The summed E-state index contributed by atoms with van der Waals surface area (Å²) < 4.78 is 0. The minimum absolute atomic E-state index is 0.189. The number of rotatable bonds is 4. The topological polar surface area (TPSA) is 41.1 Å². The maximum atomic E-state index is 12.0. The highest BCUT2D eigenvalue weighted by atomic mass is 16.1. The SMILES string of the molecule is CCC1(CNC(=O)[C@@H]2CNC[C@H]2C)CCC1. The quantitative estimate of drug-likeness (QED) is 0.760. The molecule has 1 heterocycles. The number of amides is 1. The van der Waals surface area contributed by atoms with Crippen molar-refractivity contribution in [1.29, 1.82) is 0 Å². The zero-order chi connectivity index (χ0) is 11.6. The highest BCUT2D eigenvalue weighted by Crippen LogP contribution is 2.43. The zero-order valence-corrected chi connectivity index (χ0v) is 10.5. The van der Waals surface area contributed by atoms with E-state index in [1.165, 1.54) is 25.7 Å². The monoisotopic (exact) mass is 224 g/mol. The van der Waals surface area contributed by atoms with E-state index in [4.69, 9.17) is 0 Å². The van der Waals surface area contributed by atoms with Crippen LogP contribution in [-0.4, -0.2) is 25.5 Å². The number of carbonyl (C=O) groups excluding carboxylic acids is 1. The lowest BCUT2D eigenvalue weighted by molar-refractivity contribution is -0.126. The van der Waals surface area contributed by atoms with Crippen molar-refractivity contribution in [1.82, 2.24) is 10.6 Å². The van der Waals surface area contributed by atoms with Crippen molar-refractivity contribution < 1.29 is 4.79 Å². The molecule has 2 rings (SSSR count). The molecule has 0 aromatic heterocycles. The maximum Gasteiger partial charge on any atom is 0.224 e. The minimum Gasteiger partial charge on any atom is -0.355 e. The summed E-state index contributed by atoms with van der Waals surface area (Å²) in [5.74, 6) is 0.935. The van der Waals surface area contributed by atoms with Crippen LogP contribution in [0.5, 0.6) is 0 Å². The normalized spacial score (nSPS) is 32.1. The molecule has 3 heteroatoms. The van der Waals surface area contributed by atoms with Crippen LogP contribution in [0.4, 0.5) is 0 Å². The Kier molecular flexibility index (Phi) is 3.53. The fourth-order valence-electron chi connectivity index (χ4n) is 2.90. The van der Waals surface area contributed by atoms with Gasteiger partial charge in [-0.25, -0.2) is 0 Å². The van der Waals surface area contributed by atoms with Crippen LogP contribution in [-0.2, 0) is 4.79 Å². The molecule has 1 amide bonds. The van der Waals surface area contributed by atoms with E-state index in [0.29, 0.717) is 11.3 Å². The lowest BCUT2D eigenvalue weighted by atomic mass is 9.67. The lowest BCUT2D eigenvalue weighted by Crippen LogP contribution is -2.44. The smallest absolute Gasteiger partial charge is 0.224 e. The first kappa shape index (κ1) is 11.9. The van der Waals surface area contributed by atoms with E-state index < -0.39 is 0 Å². The fourth-order valence-corrected chi connectivity index (χ4v) is 2.90. The van der Waals surface area contributed by atoms with Gasteiger partial charge < -0.3 is 10.6 Å². The van der Waals surface area contributed by atoms with Gasteiger partial charge in [0.2, 0.25) is 5.91 Å². The van der Waals surface area contributed by atoms with Gasteiger partial charge in [0, 0.05) is 13.1 Å². The van der Waals surface area contributed by atoms with E-state index in [-0.39, 0.29) is 11.8 Å². The maximum absolute atomic E-state index is 12.0. The van der Waals surface area contributed by atoms with Crippen molar-refractivity contribution in [3.05, 3.63) is 0 Å². The van der Waals surface area contributed by atoms with Crippen molar-refractivity contribution in [2.75, 3.05) is 19.6 Å². The predicted molar refractivity (Wildman–Crippen MR) is 65.1 cm³/mol. The average Bonchev–Trinajstić information content (AvgIpc) is 2.63. The molecule has 2 N–H and O–H groups in total. The van der Waals surface area contributed by atoms with Crippen LogP contribution < -0.4 is 10.6 Å². The van der Waals surface area contributed by atoms with Gasteiger partial charge in [-0.2, -0.15) is 0 Å². The van der Waals surface area contributed by atoms with Gasteiger partial charge in [-0.1, -0.05) is 20.3 Å². The predicted octanol–water partition coefficient (Wildman–Crippen LogP) is 1.54. The first-order valence-corrected chi connectivity index (χ1v) is 6.65. The van der Waals surface area contributed by atoms with Gasteiger partial charge in [0.25, 0.3) is 0 Å². The number of nitrogens with one attached hydrogen (secondary N) is 2. The van der Waals surface area contributed by atoms with Crippen molar-refractivity contribution in [2.24, 2.45) is 17.3 Å². The van der Waals surface area contributed by atoms with Crippen LogP contribution in [0.2, 0.25) is 0 Å². The summed E-state index contributed by atoms with van der Waals surface area (Å²) in [4.78, 5) is 12.0. The first-order valence-electron chi connectivity index (χ1n) is 6.65. The standard InChI is InChI=1S/C13H24N2O/c1-3-13(5-4-6-13)9-15-12(16)11-8-14-7-10(11)2/h10-11,14H,3-9H2,1-2H3,(H,15,16)/t10-,11-/m1/s1. The lowest BCUT2D eigenvalue weighted by Gasteiger charge is -2.41. The molecule has 1 saturated carbocycles. The fraction of sp³-hybridized carbons (Fsp3) is 0.923. The molecule has 0 spiro atoms. The molecule has 1 aliphatic heterocycles. The molecule has 1 aliphatic carbocycles. The van der Waals surface area contributed by atoms with Gasteiger partial charge in [0.05, 0.1) is 5.92 Å². The number of hydrogen-bond acceptors (Lipinski definition) is 2. The van der Waals surface area contributed by atoms with Gasteiger partial charge >= 0.3 is 0 Å². The Morgan fingerprint density at radius 1 is 1.44 bits per heavy atom. The summed E-state index contributed by atoms with van der Waals surface area (Å²) in [6, 6.07) is 0. The molecule has 2 aliphatic rings. The summed E-state index contributed by atoms with van der Waals surface area (Å²) >= 11 is 0. The van der Waals surface area contributed by atoms with E-state index in [0.717, 1.165) is 19.6 Å².